The monoisotopic (exact) mass is 374 g/mol. The molecule has 3 rings (SSSR count). The molecular weight excluding hydrogens is 355 g/mol. The van der Waals surface area contributed by atoms with Gasteiger partial charge in [-0.05, 0) is 12.1 Å². The van der Waals surface area contributed by atoms with Crippen LogP contribution in [-0.4, -0.2) is 33.3 Å². The lowest BCUT2D eigenvalue weighted by Gasteiger charge is -2.18. The first-order valence-electron chi connectivity index (χ1n) is 6.91. The third-order valence-electron chi connectivity index (χ3n) is 3.50. The molecule has 4 N–H and O–H groups in total. The number of hydrogen-bond donors (Lipinski definition) is 2. The fourth-order valence-electron chi connectivity index (χ4n) is 2.27. The van der Waals surface area contributed by atoms with E-state index in [1.165, 1.54) is 4.52 Å². The van der Waals surface area contributed by atoms with Crippen molar-refractivity contribution in [2.24, 2.45) is 11.7 Å². The second-order valence-electron chi connectivity index (χ2n) is 5.18. The fourth-order valence-corrected chi connectivity index (χ4v) is 2.27. The molecule has 0 fully saturated rings. The Morgan fingerprint density at radius 3 is 2.71 bits per heavy atom. The second-order valence-corrected chi connectivity index (χ2v) is 5.18. The Bertz CT molecular complexity index is 777. The van der Waals surface area contributed by atoms with Crippen LogP contribution in [0.1, 0.15) is 18.7 Å². The first kappa shape index (κ1) is 20.2. The molecule has 2 atom stereocenters. The van der Waals surface area contributed by atoms with Gasteiger partial charge in [-0.2, -0.15) is 4.52 Å². The van der Waals surface area contributed by atoms with Crippen LogP contribution in [0.25, 0.3) is 17.2 Å². The van der Waals surface area contributed by atoms with E-state index in [0.717, 1.165) is 0 Å². The van der Waals surface area contributed by atoms with Crippen molar-refractivity contribution in [1.29, 1.82) is 0 Å². The van der Waals surface area contributed by atoms with Gasteiger partial charge in [-0.15, -0.1) is 29.9 Å². The Hall–Kier alpha value is -1.87. The van der Waals surface area contributed by atoms with Crippen molar-refractivity contribution in [3.63, 3.8) is 0 Å². The van der Waals surface area contributed by atoms with Crippen LogP contribution in [-0.2, 0) is 4.74 Å². The van der Waals surface area contributed by atoms with Crippen LogP contribution in [0.2, 0.25) is 0 Å². The first-order valence-corrected chi connectivity index (χ1v) is 6.91. The predicted molar refractivity (Wildman–Crippen MR) is 95.4 cm³/mol. The van der Waals surface area contributed by atoms with Crippen LogP contribution >= 0.6 is 24.8 Å². The third kappa shape index (κ3) is 3.78. The Kier molecular flexibility index (Phi) is 6.97. The summed E-state index contributed by atoms with van der Waals surface area (Å²) >= 11 is 0. The van der Waals surface area contributed by atoms with Gasteiger partial charge >= 0.3 is 0 Å². The lowest BCUT2D eigenvalue weighted by Crippen LogP contribution is -2.24. The molecule has 0 amide bonds. The maximum atomic E-state index is 6.21. The summed E-state index contributed by atoms with van der Waals surface area (Å²) < 4.78 is 11.9. The minimum Gasteiger partial charge on any atom is -0.461 e. The SMILES string of the molecule is COCC(C)C(N)c1cc2nc(-c3ccco3)nn2c(N)n1.Cl.Cl. The number of furan rings is 1. The second kappa shape index (κ2) is 8.29. The zero-order chi connectivity index (χ0) is 15.7. The first-order chi connectivity index (χ1) is 10.6. The van der Waals surface area contributed by atoms with E-state index >= 15 is 0 Å². The molecule has 3 aromatic rings. The van der Waals surface area contributed by atoms with E-state index in [4.69, 9.17) is 20.6 Å². The number of rotatable bonds is 5. The van der Waals surface area contributed by atoms with Crippen LogP contribution in [0.3, 0.4) is 0 Å². The minimum absolute atomic E-state index is 0. The topological polar surface area (TPSA) is 117 Å². The average Bonchev–Trinajstić information content (AvgIpc) is 3.15. The summed E-state index contributed by atoms with van der Waals surface area (Å²) in [4.78, 5) is 8.74. The fraction of sp³-hybridized carbons (Fsp3) is 0.357. The molecule has 0 saturated heterocycles. The molecule has 3 aromatic heterocycles. The van der Waals surface area contributed by atoms with E-state index in [2.05, 4.69) is 15.1 Å². The lowest BCUT2D eigenvalue weighted by atomic mass is 10.0. The van der Waals surface area contributed by atoms with Gasteiger partial charge in [0.25, 0.3) is 0 Å². The van der Waals surface area contributed by atoms with Crippen LogP contribution in [0.4, 0.5) is 5.95 Å². The zero-order valence-electron chi connectivity index (χ0n) is 13.2. The highest BCUT2D eigenvalue weighted by atomic mass is 35.5. The molecule has 2 unspecified atom stereocenters. The van der Waals surface area contributed by atoms with Gasteiger partial charge < -0.3 is 20.6 Å². The highest BCUT2D eigenvalue weighted by Gasteiger charge is 2.19. The predicted octanol–water partition coefficient (Wildman–Crippen LogP) is 2.09. The molecule has 0 saturated carbocycles. The van der Waals surface area contributed by atoms with Crippen molar-refractivity contribution in [1.82, 2.24) is 19.6 Å². The number of ether oxygens (including phenoxy) is 1. The van der Waals surface area contributed by atoms with Crippen molar-refractivity contribution in [2.75, 3.05) is 19.5 Å². The molecular formula is C14H20Cl2N6O2. The standard InChI is InChI=1S/C14H18N6O2.2ClH/c1-8(7-21-2)12(15)9-6-11-18-13(10-4-3-5-22-10)19-20(11)14(16)17-9;;/h3-6,8,12H,7,15H2,1-2H3,(H2,16,17);2*1H. The number of methoxy groups -OCH3 is 1. The quantitative estimate of drug-likeness (QED) is 0.701. The Balaban J connectivity index is 0.00000144. The normalized spacial score (nSPS) is 13.1. The minimum atomic E-state index is -0.295. The summed E-state index contributed by atoms with van der Waals surface area (Å²) in [6.45, 7) is 2.53. The van der Waals surface area contributed by atoms with Gasteiger partial charge in [0.2, 0.25) is 11.8 Å². The van der Waals surface area contributed by atoms with E-state index in [1.807, 2.05) is 6.92 Å². The number of fused-ring (bicyclic) bond motifs is 1. The molecule has 0 bridgehead atoms. The molecule has 132 valence electrons. The van der Waals surface area contributed by atoms with E-state index in [-0.39, 0.29) is 42.7 Å². The average molecular weight is 375 g/mol. The number of halogens is 2. The molecule has 0 aliphatic rings. The zero-order valence-corrected chi connectivity index (χ0v) is 14.9. The third-order valence-corrected chi connectivity index (χ3v) is 3.50. The smallest absolute Gasteiger partial charge is 0.223 e. The van der Waals surface area contributed by atoms with Crippen molar-refractivity contribution in [2.45, 2.75) is 13.0 Å². The number of nitrogens with zero attached hydrogens (tertiary/aromatic N) is 4. The molecule has 0 aromatic carbocycles. The van der Waals surface area contributed by atoms with Gasteiger partial charge in [0.05, 0.1) is 24.6 Å². The van der Waals surface area contributed by atoms with Gasteiger partial charge in [-0.1, -0.05) is 6.92 Å². The van der Waals surface area contributed by atoms with E-state index in [0.29, 0.717) is 29.5 Å². The van der Waals surface area contributed by atoms with E-state index in [9.17, 15) is 0 Å². The number of anilines is 1. The summed E-state index contributed by atoms with van der Waals surface area (Å²) in [7, 11) is 1.64. The van der Waals surface area contributed by atoms with Crippen LogP contribution in [0, 0.1) is 5.92 Å². The number of aromatic nitrogens is 4. The van der Waals surface area contributed by atoms with Crippen molar-refractivity contribution >= 4 is 36.4 Å². The van der Waals surface area contributed by atoms with Gasteiger partial charge in [0.1, 0.15) is 0 Å². The number of nitrogens with two attached hydrogens (primary N) is 2. The molecule has 8 nitrogen and oxygen atoms in total. The molecule has 0 aliphatic heterocycles. The summed E-state index contributed by atoms with van der Waals surface area (Å²) in [5, 5.41) is 4.30. The van der Waals surface area contributed by atoms with Crippen molar-refractivity contribution < 1.29 is 9.15 Å². The molecule has 10 heteroatoms. The Morgan fingerprint density at radius 2 is 2.08 bits per heavy atom. The summed E-state index contributed by atoms with van der Waals surface area (Å²) in [6, 6.07) is 5.05. The maximum absolute atomic E-state index is 6.21. The molecule has 0 radical (unpaired) electrons. The number of hydrogen-bond acceptors (Lipinski definition) is 7. The number of nitrogen functional groups attached to an aromatic ring is 1. The highest BCUT2D eigenvalue weighted by molar-refractivity contribution is 5.85. The molecule has 24 heavy (non-hydrogen) atoms. The molecule has 0 spiro atoms. The Labute approximate surface area is 151 Å². The van der Waals surface area contributed by atoms with Gasteiger partial charge in [0.15, 0.2) is 11.4 Å². The van der Waals surface area contributed by atoms with E-state index in [1.54, 1.807) is 31.6 Å². The van der Waals surface area contributed by atoms with Crippen LogP contribution in [0.15, 0.2) is 28.9 Å². The summed E-state index contributed by atoms with van der Waals surface area (Å²) in [5.74, 6) is 1.36. The van der Waals surface area contributed by atoms with Crippen LogP contribution < -0.4 is 11.5 Å². The molecule has 3 heterocycles. The van der Waals surface area contributed by atoms with Gasteiger partial charge in [-0.25, -0.2) is 9.97 Å². The van der Waals surface area contributed by atoms with Gasteiger partial charge in [0, 0.05) is 19.1 Å². The summed E-state index contributed by atoms with van der Waals surface area (Å²) in [6.07, 6.45) is 1.57. The lowest BCUT2D eigenvalue weighted by molar-refractivity contribution is 0.147. The maximum Gasteiger partial charge on any atom is 0.223 e. The summed E-state index contributed by atoms with van der Waals surface area (Å²) in [5.41, 5.74) is 13.4. The van der Waals surface area contributed by atoms with Crippen molar-refractivity contribution in [3.05, 3.63) is 30.2 Å². The van der Waals surface area contributed by atoms with Gasteiger partial charge in [-0.3, -0.25) is 0 Å². The molecule has 0 aliphatic carbocycles. The Morgan fingerprint density at radius 1 is 1.33 bits per heavy atom. The van der Waals surface area contributed by atoms with Crippen molar-refractivity contribution in [3.8, 4) is 11.6 Å². The largest absolute Gasteiger partial charge is 0.461 e. The highest BCUT2D eigenvalue weighted by Crippen LogP contribution is 2.22. The van der Waals surface area contributed by atoms with Crippen LogP contribution in [0.5, 0.6) is 0 Å². The van der Waals surface area contributed by atoms with E-state index < -0.39 is 0 Å².